The van der Waals surface area contributed by atoms with E-state index in [1.807, 2.05) is 19.6 Å². The molecule has 1 aliphatic rings. The fourth-order valence-electron chi connectivity index (χ4n) is 2.70. The highest BCUT2D eigenvalue weighted by Crippen LogP contribution is 2.20. The molecule has 1 atom stereocenters. The van der Waals surface area contributed by atoms with Gasteiger partial charge in [-0.1, -0.05) is 0 Å². The van der Waals surface area contributed by atoms with Gasteiger partial charge in [0.25, 0.3) is 0 Å². The molecule has 2 heterocycles. The average Bonchev–Trinajstić information content (AvgIpc) is 2.99. The van der Waals surface area contributed by atoms with Crippen molar-refractivity contribution < 1.29 is 0 Å². The fourth-order valence-corrected chi connectivity index (χ4v) is 2.70. The van der Waals surface area contributed by atoms with E-state index in [2.05, 4.69) is 40.5 Å². The van der Waals surface area contributed by atoms with Gasteiger partial charge in [-0.2, -0.15) is 0 Å². The van der Waals surface area contributed by atoms with Gasteiger partial charge in [0.1, 0.15) is 0 Å². The van der Waals surface area contributed by atoms with Gasteiger partial charge in [0.2, 0.25) is 0 Å². The molecular weight excluding hydrogens is 224 g/mol. The van der Waals surface area contributed by atoms with Crippen LogP contribution in [0.25, 0.3) is 0 Å². The van der Waals surface area contributed by atoms with Crippen molar-refractivity contribution in [1.82, 2.24) is 19.8 Å². The average molecular weight is 250 g/mol. The third-order valence-corrected chi connectivity index (χ3v) is 4.20. The Balaban J connectivity index is 2.07. The second-order valence-corrected chi connectivity index (χ2v) is 5.90. The van der Waals surface area contributed by atoms with E-state index in [-0.39, 0.29) is 5.54 Å². The maximum absolute atomic E-state index is 4.32. The van der Waals surface area contributed by atoms with Crippen LogP contribution in [0.15, 0.2) is 12.5 Å². The summed E-state index contributed by atoms with van der Waals surface area (Å²) in [6.45, 7) is 10.2. The van der Waals surface area contributed by atoms with Crippen molar-refractivity contribution in [2.24, 2.45) is 0 Å². The van der Waals surface area contributed by atoms with Crippen molar-refractivity contribution in [1.29, 1.82) is 0 Å². The zero-order valence-corrected chi connectivity index (χ0v) is 12.1. The molecule has 0 radical (unpaired) electrons. The van der Waals surface area contributed by atoms with Gasteiger partial charge in [-0.15, -0.1) is 0 Å². The summed E-state index contributed by atoms with van der Waals surface area (Å²) >= 11 is 0. The van der Waals surface area contributed by atoms with Gasteiger partial charge in [-0.25, -0.2) is 4.98 Å². The molecule has 0 spiro atoms. The van der Waals surface area contributed by atoms with Gasteiger partial charge in [0.15, 0.2) is 0 Å². The van der Waals surface area contributed by atoms with Gasteiger partial charge >= 0.3 is 0 Å². The summed E-state index contributed by atoms with van der Waals surface area (Å²) in [6, 6.07) is 0.591. The van der Waals surface area contributed by atoms with Crippen LogP contribution < -0.4 is 5.32 Å². The van der Waals surface area contributed by atoms with Gasteiger partial charge in [-0.05, 0) is 53.8 Å². The molecule has 1 unspecified atom stereocenters. The normalized spacial score (nSPS) is 19.3. The van der Waals surface area contributed by atoms with E-state index in [1.54, 1.807) is 0 Å². The Hall–Kier alpha value is -0.870. The first-order valence-electron chi connectivity index (χ1n) is 6.98. The van der Waals surface area contributed by atoms with Gasteiger partial charge in [0, 0.05) is 18.8 Å². The minimum atomic E-state index is -0.0266. The number of hydrogen-bond donors (Lipinski definition) is 1. The van der Waals surface area contributed by atoms with Crippen LogP contribution in [0, 0.1) is 0 Å². The number of imidazole rings is 1. The number of nitrogens with one attached hydrogen (secondary N) is 1. The Morgan fingerprint density at radius 3 is 2.67 bits per heavy atom. The Kier molecular flexibility index (Phi) is 4.07. The second-order valence-electron chi connectivity index (χ2n) is 5.90. The summed E-state index contributed by atoms with van der Waals surface area (Å²) in [5, 5.41) is 3.35. The van der Waals surface area contributed by atoms with Gasteiger partial charge in [-0.3, -0.25) is 4.90 Å². The smallest absolute Gasteiger partial charge is 0.0949 e. The maximum Gasteiger partial charge on any atom is 0.0949 e. The molecule has 0 bridgehead atoms. The molecule has 1 saturated heterocycles. The standard InChI is InChI=1S/C14H26N4/c1-12(17-7-5-6-8-17)10-18-11-16-9-13(18)14(2,3)15-4/h9,11-12,15H,5-8,10H2,1-4H3. The molecule has 0 saturated carbocycles. The number of aromatic nitrogens is 2. The van der Waals surface area contributed by atoms with Crippen molar-refractivity contribution in [2.75, 3.05) is 20.1 Å². The molecular formula is C14H26N4. The summed E-state index contributed by atoms with van der Waals surface area (Å²) in [7, 11) is 2.00. The van der Waals surface area contributed by atoms with E-state index in [9.17, 15) is 0 Å². The SMILES string of the molecule is CNC(C)(C)c1cncn1CC(C)N1CCCC1. The van der Waals surface area contributed by atoms with Crippen molar-refractivity contribution in [3.63, 3.8) is 0 Å². The van der Waals surface area contributed by atoms with Gasteiger partial charge < -0.3 is 9.88 Å². The van der Waals surface area contributed by atoms with Crippen LogP contribution >= 0.6 is 0 Å². The van der Waals surface area contributed by atoms with Gasteiger partial charge in [0.05, 0.1) is 17.6 Å². The first-order chi connectivity index (χ1) is 8.54. The van der Waals surface area contributed by atoms with Crippen LogP contribution in [0.3, 0.4) is 0 Å². The third-order valence-electron chi connectivity index (χ3n) is 4.20. The minimum Gasteiger partial charge on any atom is -0.331 e. The monoisotopic (exact) mass is 250 g/mol. The largest absolute Gasteiger partial charge is 0.331 e. The Morgan fingerprint density at radius 1 is 1.39 bits per heavy atom. The lowest BCUT2D eigenvalue weighted by atomic mass is 10.0. The molecule has 1 N–H and O–H groups in total. The van der Waals surface area contributed by atoms with Crippen molar-refractivity contribution in [3.8, 4) is 0 Å². The predicted molar refractivity (Wildman–Crippen MR) is 74.6 cm³/mol. The summed E-state index contributed by atoms with van der Waals surface area (Å²) in [6.07, 6.45) is 6.64. The molecule has 0 aliphatic carbocycles. The van der Waals surface area contributed by atoms with Crippen LogP contribution in [0.1, 0.15) is 39.3 Å². The molecule has 1 aromatic heterocycles. The van der Waals surface area contributed by atoms with Crippen LogP contribution in [0.4, 0.5) is 0 Å². The first kappa shape index (κ1) is 13.6. The van der Waals surface area contributed by atoms with E-state index in [0.717, 1.165) is 6.54 Å². The highest BCUT2D eigenvalue weighted by Gasteiger charge is 2.24. The lowest BCUT2D eigenvalue weighted by molar-refractivity contribution is 0.230. The van der Waals surface area contributed by atoms with Crippen molar-refractivity contribution in [3.05, 3.63) is 18.2 Å². The summed E-state index contributed by atoms with van der Waals surface area (Å²) < 4.78 is 2.29. The van der Waals surface area contributed by atoms with Crippen LogP contribution in [0.5, 0.6) is 0 Å². The molecule has 0 aromatic carbocycles. The minimum absolute atomic E-state index is 0.0266. The number of nitrogens with zero attached hydrogens (tertiary/aromatic N) is 3. The lowest BCUT2D eigenvalue weighted by Gasteiger charge is -2.29. The lowest BCUT2D eigenvalue weighted by Crippen LogP contribution is -2.38. The van der Waals surface area contributed by atoms with E-state index < -0.39 is 0 Å². The third kappa shape index (κ3) is 2.75. The molecule has 18 heavy (non-hydrogen) atoms. The van der Waals surface area contributed by atoms with Crippen molar-refractivity contribution in [2.45, 2.75) is 51.7 Å². The summed E-state index contributed by atoms with van der Waals surface area (Å²) in [5.41, 5.74) is 1.23. The van der Waals surface area contributed by atoms with E-state index in [0.29, 0.717) is 6.04 Å². The van der Waals surface area contributed by atoms with Crippen molar-refractivity contribution >= 4 is 0 Å². The van der Waals surface area contributed by atoms with Crippen LogP contribution in [0.2, 0.25) is 0 Å². The molecule has 1 aromatic rings. The first-order valence-corrected chi connectivity index (χ1v) is 6.98. The zero-order chi connectivity index (χ0) is 13.2. The highest BCUT2D eigenvalue weighted by molar-refractivity contribution is 5.11. The van der Waals surface area contributed by atoms with E-state index in [1.165, 1.54) is 31.6 Å². The molecule has 4 heteroatoms. The number of likely N-dealkylation sites (tertiary alicyclic amines) is 1. The maximum atomic E-state index is 4.32. The molecule has 4 nitrogen and oxygen atoms in total. The van der Waals surface area contributed by atoms with Crippen LogP contribution in [-0.2, 0) is 12.1 Å². The summed E-state index contributed by atoms with van der Waals surface area (Å²) in [4.78, 5) is 6.90. The number of hydrogen-bond acceptors (Lipinski definition) is 3. The van der Waals surface area contributed by atoms with E-state index in [4.69, 9.17) is 0 Å². The summed E-state index contributed by atoms with van der Waals surface area (Å²) in [5.74, 6) is 0. The topological polar surface area (TPSA) is 33.1 Å². The molecule has 0 amide bonds. The van der Waals surface area contributed by atoms with Crippen LogP contribution in [-0.4, -0.2) is 40.6 Å². The predicted octanol–water partition coefficient (Wildman–Crippen LogP) is 1.82. The van der Waals surface area contributed by atoms with E-state index >= 15 is 0 Å². The number of rotatable bonds is 5. The Labute approximate surface area is 110 Å². The molecule has 2 rings (SSSR count). The molecule has 1 aliphatic heterocycles. The Bertz CT molecular complexity index is 377. The fraction of sp³-hybridized carbons (Fsp3) is 0.786. The zero-order valence-electron chi connectivity index (χ0n) is 12.1. The molecule has 1 fully saturated rings. The highest BCUT2D eigenvalue weighted by atomic mass is 15.2. The quantitative estimate of drug-likeness (QED) is 0.865. The molecule has 102 valence electrons. The Morgan fingerprint density at radius 2 is 2.06 bits per heavy atom. The second kappa shape index (κ2) is 5.41.